The van der Waals surface area contributed by atoms with E-state index in [4.69, 9.17) is 16.3 Å². The minimum Gasteiger partial charge on any atom is -0.453 e. The van der Waals surface area contributed by atoms with Crippen molar-refractivity contribution in [2.75, 3.05) is 30.2 Å². The Morgan fingerprint density at radius 1 is 1.05 bits per heavy atom. The molecule has 1 fully saturated rings. The molecular formula is C27H26ClFN6OS. The lowest BCUT2D eigenvalue weighted by Crippen LogP contribution is -2.37. The smallest absolute Gasteiger partial charge is 0.223 e. The van der Waals surface area contributed by atoms with Gasteiger partial charge in [0.05, 0.1) is 16.3 Å². The fraction of sp³-hybridized carbons (Fsp3) is 0.222. The van der Waals surface area contributed by atoms with Crippen LogP contribution in [0.2, 0.25) is 5.02 Å². The molecule has 4 aromatic rings. The van der Waals surface area contributed by atoms with E-state index in [9.17, 15) is 4.39 Å². The zero-order valence-electron chi connectivity index (χ0n) is 20.2. The van der Waals surface area contributed by atoms with Crippen LogP contribution in [0.25, 0.3) is 11.3 Å². The number of piperidine rings is 1. The Bertz CT molecular complexity index is 1370. The van der Waals surface area contributed by atoms with E-state index in [0.29, 0.717) is 39.7 Å². The van der Waals surface area contributed by atoms with Gasteiger partial charge in [-0.15, -0.1) is 0 Å². The summed E-state index contributed by atoms with van der Waals surface area (Å²) >= 11 is 7.50. The van der Waals surface area contributed by atoms with Crippen LogP contribution in [0.5, 0.6) is 11.5 Å². The quantitative estimate of drug-likeness (QED) is 0.239. The highest BCUT2D eigenvalue weighted by Crippen LogP contribution is 2.35. The third kappa shape index (κ3) is 6.49. The maximum atomic E-state index is 15.0. The molecule has 2 aromatic heterocycles. The van der Waals surface area contributed by atoms with Crippen LogP contribution in [0, 0.1) is 5.82 Å². The summed E-state index contributed by atoms with van der Waals surface area (Å²) in [6.07, 6.45) is 7.03. The van der Waals surface area contributed by atoms with Gasteiger partial charge in [-0.2, -0.15) is 0 Å². The van der Waals surface area contributed by atoms with Gasteiger partial charge in [-0.3, -0.25) is 4.98 Å². The number of pyridine rings is 1. The number of halogens is 2. The molecule has 7 nitrogen and oxygen atoms in total. The number of nitrogens with zero attached hydrogens (tertiary/aromatic N) is 4. The zero-order valence-corrected chi connectivity index (χ0v) is 21.8. The third-order valence-corrected chi connectivity index (χ3v) is 7.39. The van der Waals surface area contributed by atoms with Crippen molar-refractivity contribution < 1.29 is 9.13 Å². The number of ether oxygens (including phenoxy) is 1. The molecule has 1 aliphatic rings. The maximum absolute atomic E-state index is 15.0. The lowest BCUT2D eigenvalue weighted by molar-refractivity contribution is 0.263. The second kappa shape index (κ2) is 11.8. The molecule has 190 valence electrons. The first kappa shape index (κ1) is 25.3. The fourth-order valence-electron chi connectivity index (χ4n) is 3.98. The van der Waals surface area contributed by atoms with Gasteiger partial charge in [0.1, 0.15) is 5.75 Å². The minimum atomic E-state index is -0.500. The first-order valence-electron chi connectivity index (χ1n) is 11.9. The molecule has 0 saturated carbocycles. The van der Waals surface area contributed by atoms with Crippen LogP contribution in [0.4, 0.5) is 16.0 Å². The summed E-state index contributed by atoms with van der Waals surface area (Å²) in [5.74, 6) is 0.600. The number of likely N-dealkylation sites (tertiary alicyclic amines) is 1. The predicted molar refractivity (Wildman–Crippen MR) is 147 cm³/mol. The maximum Gasteiger partial charge on any atom is 0.223 e. The number of rotatable bonds is 8. The van der Waals surface area contributed by atoms with Crippen LogP contribution < -0.4 is 14.8 Å². The normalized spacial score (nSPS) is 14.4. The number of anilines is 2. The molecule has 2 aromatic carbocycles. The molecule has 10 heteroatoms. The van der Waals surface area contributed by atoms with Gasteiger partial charge in [0.25, 0.3) is 0 Å². The summed E-state index contributed by atoms with van der Waals surface area (Å²) in [5, 5.41) is 4.06. The van der Waals surface area contributed by atoms with Crippen LogP contribution in [0.1, 0.15) is 12.8 Å². The van der Waals surface area contributed by atoms with Gasteiger partial charge in [-0.05, 0) is 81.3 Å². The van der Waals surface area contributed by atoms with Crippen molar-refractivity contribution in [1.29, 1.82) is 0 Å². The number of nitrogens with one attached hydrogen (secondary N) is 2. The average molecular weight is 537 g/mol. The molecule has 1 saturated heterocycles. The van der Waals surface area contributed by atoms with Gasteiger partial charge in [0.15, 0.2) is 11.6 Å². The molecule has 2 N–H and O–H groups in total. The molecule has 1 aliphatic heterocycles. The SMILES string of the molecule is CN1CCC(Nc2nccc(-c3cnccc3Oc3ccc(NSc4ccccc4Cl)cc3F)n2)CC1. The van der Waals surface area contributed by atoms with Crippen molar-refractivity contribution in [2.45, 2.75) is 23.8 Å². The van der Waals surface area contributed by atoms with Crippen molar-refractivity contribution in [3.63, 3.8) is 0 Å². The van der Waals surface area contributed by atoms with Gasteiger partial charge in [0, 0.05) is 41.3 Å². The molecule has 0 spiro atoms. The Morgan fingerprint density at radius 3 is 2.70 bits per heavy atom. The Hall–Kier alpha value is -3.40. The number of hydrogen-bond acceptors (Lipinski definition) is 8. The molecule has 0 radical (unpaired) electrons. The topological polar surface area (TPSA) is 75.2 Å². The van der Waals surface area contributed by atoms with Crippen molar-refractivity contribution in [2.24, 2.45) is 0 Å². The van der Waals surface area contributed by atoms with E-state index in [1.807, 2.05) is 18.2 Å². The van der Waals surface area contributed by atoms with Gasteiger partial charge in [0.2, 0.25) is 5.95 Å². The molecule has 5 rings (SSSR count). The highest BCUT2D eigenvalue weighted by atomic mass is 35.5. The highest BCUT2D eigenvalue weighted by Gasteiger charge is 2.18. The average Bonchev–Trinajstić information content (AvgIpc) is 2.91. The molecular weight excluding hydrogens is 511 g/mol. The summed E-state index contributed by atoms with van der Waals surface area (Å²) < 4.78 is 24.1. The zero-order chi connectivity index (χ0) is 25.6. The van der Waals surface area contributed by atoms with Crippen LogP contribution in [-0.2, 0) is 0 Å². The fourth-order valence-corrected chi connectivity index (χ4v) is 4.90. The molecule has 3 heterocycles. The molecule has 0 unspecified atom stereocenters. The Labute approximate surface area is 224 Å². The van der Waals surface area contributed by atoms with Crippen LogP contribution in [0.15, 0.2) is 78.1 Å². The van der Waals surface area contributed by atoms with E-state index in [1.165, 1.54) is 18.0 Å². The van der Waals surface area contributed by atoms with Crippen LogP contribution >= 0.6 is 23.5 Å². The van der Waals surface area contributed by atoms with Crippen molar-refractivity contribution in [3.8, 4) is 22.8 Å². The van der Waals surface area contributed by atoms with Gasteiger partial charge in [-0.25, -0.2) is 14.4 Å². The van der Waals surface area contributed by atoms with Crippen LogP contribution in [-0.4, -0.2) is 46.0 Å². The first-order valence-corrected chi connectivity index (χ1v) is 13.1. The van der Waals surface area contributed by atoms with Crippen molar-refractivity contribution in [1.82, 2.24) is 19.9 Å². The molecule has 37 heavy (non-hydrogen) atoms. The number of hydrogen-bond donors (Lipinski definition) is 2. The summed E-state index contributed by atoms with van der Waals surface area (Å²) in [6.45, 7) is 2.08. The molecule has 0 amide bonds. The number of aromatic nitrogens is 3. The van der Waals surface area contributed by atoms with Crippen LogP contribution in [0.3, 0.4) is 0 Å². The second-order valence-corrected chi connectivity index (χ2v) is 10.00. The van der Waals surface area contributed by atoms with Gasteiger partial charge < -0.3 is 19.7 Å². The van der Waals surface area contributed by atoms with Gasteiger partial charge >= 0.3 is 0 Å². The highest BCUT2D eigenvalue weighted by molar-refractivity contribution is 8.00. The largest absolute Gasteiger partial charge is 0.453 e. The lowest BCUT2D eigenvalue weighted by atomic mass is 10.1. The molecule has 0 aliphatic carbocycles. The summed E-state index contributed by atoms with van der Waals surface area (Å²) in [4.78, 5) is 16.5. The monoisotopic (exact) mass is 536 g/mol. The third-order valence-electron chi connectivity index (χ3n) is 6.03. The standard InChI is InChI=1S/C27H26ClFN6OS/c1-35-14-10-18(11-15-35)32-27-31-13-8-23(33-27)20-17-30-12-9-24(20)36-25-7-6-19(16-22(25)29)34-37-26-5-3-2-4-21(26)28/h2-9,12-13,16-18,34H,10-11,14-15H2,1H3,(H,31,32,33). The minimum absolute atomic E-state index is 0.0967. The first-order chi connectivity index (χ1) is 18.0. The van der Waals surface area contributed by atoms with Gasteiger partial charge in [-0.1, -0.05) is 23.7 Å². The Morgan fingerprint density at radius 2 is 1.89 bits per heavy atom. The van der Waals surface area contributed by atoms with E-state index in [-0.39, 0.29) is 5.75 Å². The molecule has 0 atom stereocenters. The summed E-state index contributed by atoms with van der Waals surface area (Å²) in [5.41, 5.74) is 1.88. The van der Waals surface area contributed by atoms with E-state index < -0.39 is 5.82 Å². The summed E-state index contributed by atoms with van der Waals surface area (Å²) in [6, 6.07) is 16.0. The van der Waals surface area contributed by atoms with E-state index >= 15 is 0 Å². The number of benzene rings is 2. The summed E-state index contributed by atoms with van der Waals surface area (Å²) in [7, 11) is 2.13. The van der Waals surface area contributed by atoms with Crippen molar-refractivity contribution >= 4 is 35.2 Å². The van der Waals surface area contributed by atoms with E-state index in [1.54, 1.807) is 48.9 Å². The van der Waals surface area contributed by atoms with Crippen molar-refractivity contribution in [3.05, 3.63) is 84.0 Å². The Balaban J connectivity index is 1.30. The predicted octanol–water partition coefficient (Wildman–Crippen LogP) is 6.75. The lowest BCUT2D eigenvalue weighted by Gasteiger charge is -2.29. The molecule has 0 bridgehead atoms. The van der Waals surface area contributed by atoms with E-state index in [2.05, 4.69) is 36.9 Å². The Kier molecular flexibility index (Phi) is 8.03. The van der Waals surface area contributed by atoms with E-state index in [0.717, 1.165) is 30.8 Å². The second-order valence-electron chi connectivity index (χ2n) is 8.74.